The zero-order valence-electron chi connectivity index (χ0n) is 34.5. The number of aromatic hydroxyl groups is 1. The minimum atomic E-state index is -1.41. The molecular weight excluding hydrogens is 736 g/mol. The molecule has 2 aromatic carbocycles. The van der Waals surface area contributed by atoms with Crippen molar-refractivity contribution >= 4 is 35.5 Å². The Morgan fingerprint density at radius 2 is 1.25 bits per heavy atom. The van der Waals surface area contributed by atoms with Crippen LogP contribution in [0.5, 0.6) is 5.75 Å². The predicted molar refractivity (Wildman–Crippen MR) is 213 cm³/mol. The van der Waals surface area contributed by atoms with E-state index in [0.29, 0.717) is 11.1 Å². The van der Waals surface area contributed by atoms with Crippen molar-refractivity contribution in [2.45, 2.75) is 129 Å². The molecule has 16 nitrogen and oxygen atoms in total. The normalized spacial score (nSPS) is 14.9. The van der Waals surface area contributed by atoms with Crippen molar-refractivity contribution in [2.24, 2.45) is 11.7 Å². The summed E-state index contributed by atoms with van der Waals surface area (Å²) in [5.41, 5.74) is 5.95. The number of phenols is 1. The lowest BCUT2D eigenvalue weighted by molar-refractivity contribution is -0.161. The molecule has 316 valence electrons. The van der Waals surface area contributed by atoms with Crippen molar-refractivity contribution in [3.63, 3.8) is 0 Å². The minimum absolute atomic E-state index is 0.0214. The summed E-state index contributed by atoms with van der Waals surface area (Å²) in [7, 11) is 0. The molecule has 2 rings (SSSR count). The second-order valence-corrected chi connectivity index (χ2v) is 16.4. The molecule has 2 aromatic rings. The Kier molecular flexibility index (Phi) is 18.6. The van der Waals surface area contributed by atoms with Gasteiger partial charge in [0, 0.05) is 6.42 Å². The fraction of sp³-hybridized carbons (Fsp3) is 0.561. The molecule has 0 aliphatic carbocycles. The van der Waals surface area contributed by atoms with E-state index in [0.717, 1.165) is 0 Å². The van der Waals surface area contributed by atoms with Crippen molar-refractivity contribution in [3.05, 3.63) is 65.7 Å². The smallest absolute Gasteiger partial charge is 0.331 e. The zero-order chi connectivity index (χ0) is 43.1. The van der Waals surface area contributed by atoms with E-state index in [9.17, 15) is 39.0 Å². The molecule has 9 N–H and O–H groups in total. The molecule has 57 heavy (non-hydrogen) atoms. The van der Waals surface area contributed by atoms with Crippen molar-refractivity contribution in [3.8, 4) is 5.75 Å². The average molecular weight is 799 g/mol. The number of carbonyl (C=O) groups is 6. The van der Waals surface area contributed by atoms with Crippen LogP contribution < -0.4 is 32.3 Å². The van der Waals surface area contributed by atoms with Gasteiger partial charge in [-0.3, -0.25) is 24.0 Å². The molecule has 5 amide bonds. The number of esters is 1. The third kappa shape index (κ3) is 18.6. The van der Waals surface area contributed by atoms with Crippen LogP contribution in [0.4, 0.5) is 0 Å². The van der Waals surface area contributed by atoms with Crippen LogP contribution in [0.3, 0.4) is 0 Å². The zero-order valence-corrected chi connectivity index (χ0v) is 34.5. The largest absolute Gasteiger partial charge is 0.508 e. The van der Waals surface area contributed by atoms with Gasteiger partial charge in [0.25, 0.3) is 0 Å². The van der Waals surface area contributed by atoms with Crippen molar-refractivity contribution < 1.29 is 48.5 Å². The molecule has 0 aromatic heterocycles. The molecule has 0 bridgehead atoms. The fourth-order valence-corrected chi connectivity index (χ4v) is 5.34. The highest BCUT2D eigenvalue weighted by Gasteiger charge is 2.35. The quantitative estimate of drug-likeness (QED) is 0.0883. The van der Waals surface area contributed by atoms with Gasteiger partial charge in [0.2, 0.25) is 29.5 Å². The number of amides is 5. The van der Waals surface area contributed by atoms with Gasteiger partial charge in [-0.05, 0) is 90.5 Å². The highest BCUT2D eigenvalue weighted by atomic mass is 16.6. The molecule has 0 saturated carbocycles. The third-order valence-electron chi connectivity index (χ3n) is 8.18. The number of rotatable bonds is 20. The van der Waals surface area contributed by atoms with E-state index >= 15 is 0 Å². The number of nitrogens with one attached hydrogen (secondary N) is 5. The van der Waals surface area contributed by atoms with Crippen LogP contribution in [-0.4, -0.2) is 106 Å². The topological polar surface area (TPSA) is 248 Å². The molecule has 0 saturated heterocycles. The van der Waals surface area contributed by atoms with Crippen LogP contribution in [-0.2, 0) is 51.1 Å². The third-order valence-corrected chi connectivity index (χ3v) is 8.18. The number of hydrogen-bond acceptors (Lipinski definition) is 11. The van der Waals surface area contributed by atoms with Gasteiger partial charge in [-0.15, -0.1) is 0 Å². The minimum Gasteiger partial charge on any atom is -0.508 e. The monoisotopic (exact) mass is 798 g/mol. The molecule has 0 heterocycles. The molecule has 0 aliphatic heterocycles. The summed E-state index contributed by atoms with van der Waals surface area (Å²) in [6, 6.07) is 8.95. The van der Waals surface area contributed by atoms with Gasteiger partial charge in [-0.2, -0.15) is 0 Å². The second-order valence-electron chi connectivity index (χ2n) is 16.4. The summed E-state index contributed by atoms with van der Waals surface area (Å²) in [5, 5.41) is 32.8. The lowest BCUT2D eigenvalue weighted by atomic mass is 10.0. The number of ether oxygens (including phenoxy) is 2. The van der Waals surface area contributed by atoms with Gasteiger partial charge in [0.15, 0.2) is 6.04 Å². The van der Waals surface area contributed by atoms with Gasteiger partial charge in [0.1, 0.15) is 29.5 Å². The van der Waals surface area contributed by atoms with E-state index in [2.05, 4.69) is 26.6 Å². The molecule has 0 radical (unpaired) electrons. The molecule has 1 unspecified atom stereocenters. The van der Waals surface area contributed by atoms with Crippen LogP contribution >= 0.6 is 0 Å². The van der Waals surface area contributed by atoms with Crippen molar-refractivity contribution in [1.82, 2.24) is 26.6 Å². The van der Waals surface area contributed by atoms with Crippen LogP contribution in [0.15, 0.2) is 54.6 Å². The molecule has 0 aliphatic rings. The molecule has 16 heteroatoms. The summed E-state index contributed by atoms with van der Waals surface area (Å²) in [6.07, 6.45) is -1.01. The van der Waals surface area contributed by atoms with Gasteiger partial charge >= 0.3 is 5.97 Å². The first-order valence-electron chi connectivity index (χ1n) is 19.0. The van der Waals surface area contributed by atoms with E-state index in [-0.39, 0.29) is 37.5 Å². The first kappa shape index (κ1) is 48.1. The number of carbonyl (C=O) groups excluding carboxylic acids is 6. The SMILES string of the molecule is CC(C)C[C@H](NC(=O)[C@H](Cc1ccccc1)NC(=O)CNC(=O)[C@@H](COC(C)(C)C)NC(=O)[C@@H](N)Cc1ccc(O)cc1)C(=O)N[C@H](C(=O)OC(C)(C)C)C(C)O. The van der Waals surface area contributed by atoms with Crippen molar-refractivity contribution in [1.29, 1.82) is 0 Å². The Morgan fingerprint density at radius 1 is 0.684 bits per heavy atom. The first-order chi connectivity index (χ1) is 26.4. The molecule has 0 spiro atoms. The Hall–Kier alpha value is -5.06. The van der Waals surface area contributed by atoms with E-state index in [1.807, 2.05) is 13.8 Å². The van der Waals surface area contributed by atoms with Gasteiger partial charge in [0.05, 0.1) is 30.9 Å². The lowest BCUT2D eigenvalue weighted by Crippen LogP contribution is -2.59. The number of aliphatic hydroxyl groups is 1. The Bertz CT molecular complexity index is 1640. The van der Waals surface area contributed by atoms with Gasteiger partial charge in [-0.1, -0.05) is 56.3 Å². The number of hydrogen-bond donors (Lipinski definition) is 8. The second kappa shape index (κ2) is 22.0. The van der Waals surface area contributed by atoms with Crippen LogP contribution in [0.2, 0.25) is 0 Å². The average Bonchev–Trinajstić information content (AvgIpc) is 3.10. The standard InChI is InChI=1S/C41H62N6O10/c1-24(2)19-30(38(54)47-34(25(3)48)39(55)57-41(7,8)9)45-37(53)31(21-26-13-11-10-12-14-26)44-33(50)22-43-36(52)32(23-56-40(4,5)6)46-35(51)29(42)20-27-15-17-28(49)18-16-27/h10-18,24-25,29-32,34,48-49H,19-23,42H2,1-9H3,(H,43,52)(H,44,50)(H,45,53)(H,46,51)(H,47,54)/t25?,29-,30-,31-,32+,34-/m0/s1. The summed E-state index contributed by atoms with van der Waals surface area (Å²) >= 11 is 0. The highest BCUT2D eigenvalue weighted by Crippen LogP contribution is 2.14. The van der Waals surface area contributed by atoms with Crippen LogP contribution in [0, 0.1) is 5.92 Å². The molecule has 6 atom stereocenters. The van der Waals surface area contributed by atoms with E-state index in [1.165, 1.54) is 19.1 Å². The molecular formula is C41H62N6O10. The number of nitrogens with two attached hydrogens (primary N) is 1. The first-order valence-corrected chi connectivity index (χ1v) is 19.0. The fourth-order valence-electron chi connectivity index (χ4n) is 5.34. The van der Waals surface area contributed by atoms with Gasteiger partial charge in [-0.25, -0.2) is 4.79 Å². The lowest BCUT2D eigenvalue weighted by Gasteiger charge is -2.29. The van der Waals surface area contributed by atoms with E-state index in [4.69, 9.17) is 15.2 Å². The van der Waals surface area contributed by atoms with Crippen LogP contribution in [0.1, 0.15) is 79.9 Å². The highest BCUT2D eigenvalue weighted by molar-refractivity contribution is 5.95. The van der Waals surface area contributed by atoms with E-state index in [1.54, 1.807) is 84.0 Å². The maximum Gasteiger partial charge on any atom is 0.331 e. The summed E-state index contributed by atoms with van der Waals surface area (Å²) in [4.78, 5) is 80.0. The summed E-state index contributed by atoms with van der Waals surface area (Å²) in [5.74, 6) is -4.45. The maximum atomic E-state index is 13.9. The number of benzene rings is 2. The predicted octanol–water partition coefficient (Wildman–Crippen LogP) is 1.14. The van der Waals surface area contributed by atoms with Crippen LogP contribution in [0.25, 0.3) is 0 Å². The van der Waals surface area contributed by atoms with Crippen molar-refractivity contribution in [2.75, 3.05) is 13.2 Å². The maximum absolute atomic E-state index is 13.9. The Labute approximate surface area is 335 Å². The van der Waals surface area contributed by atoms with E-state index < -0.39 is 89.6 Å². The summed E-state index contributed by atoms with van der Waals surface area (Å²) < 4.78 is 11.1. The molecule has 0 fully saturated rings. The van der Waals surface area contributed by atoms with Gasteiger partial charge < -0.3 is 52.0 Å². The Morgan fingerprint density at radius 3 is 1.79 bits per heavy atom. The number of aliphatic hydroxyl groups excluding tert-OH is 1. The summed E-state index contributed by atoms with van der Waals surface area (Å²) in [6.45, 7) is 14.4. The Balaban J connectivity index is 2.22. The number of phenolic OH excluding ortho intramolecular Hbond substituents is 1.